The van der Waals surface area contributed by atoms with Gasteiger partial charge in [-0.2, -0.15) is 0 Å². The molecule has 7 nitrogen and oxygen atoms in total. The maximum atomic E-state index is 12.2. The summed E-state index contributed by atoms with van der Waals surface area (Å²) in [4.78, 5) is 17.0. The predicted molar refractivity (Wildman–Crippen MR) is 145 cm³/mol. The molecule has 7 heteroatoms. The maximum Gasteiger partial charge on any atom is 0.336 e. The Labute approximate surface area is 216 Å². The molecule has 0 aliphatic heterocycles. The first kappa shape index (κ1) is 28.0. The Hall–Kier alpha value is -2.61. The second kappa shape index (κ2) is 13.6. The van der Waals surface area contributed by atoms with E-state index in [4.69, 9.17) is 14.2 Å². The van der Waals surface area contributed by atoms with Crippen LogP contribution in [0, 0.1) is 6.92 Å². The van der Waals surface area contributed by atoms with E-state index < -0.39 is 5.97 Å². The number of nitrogens with zero attached hydrogens (tertiary/aromatic N) is 2. The van der Waals surface area contributed by atoms with Crippen molar-refractivity contribution in [2.75, 3.05) is 59.1 Å². The molecule has 0 heterocycles. The number of anilines is 1. The third kappa shape index (κ3) is 6.99. The summed E-state index contributed by atoms with van der Waals surface area (Å²) < 4.78 is 16.0. The lowest BCUT2D eigenvalue weighted by atomic mass is 9.88. The highest BCUT2D eigenvalue weighted by Gasteiger charge is 2.29. The van der Waals surface area contributed by atoms with Crippen molar-refractivity contribution in [2.45, 2.75) is 51.6 Å². The Morgan fingerprint density at radius 2 is 1.58 bits per heavy atom. The lowest BCUT2D eigenvalue weighted by Gasteiger charge is -2.41. The fourth-order valence-corrected chi connectivity index (χ4v) is 5.23. The molecule has 1 aliphatic carbocycles. The van der Waals surface area contributed by atoms with Crippen LogP contribution in [0.25, 0.3) is 11.1 Å². The maximum absolute atomic E-state index is 12.2. The Morgan fingerprint density at radius 3 is 2.17 bits per heavy atom. The van der Waals surface area contributed by atoms with Gasteiger partial charge in [0.1, 0.15) is 12.4 Å². The zero-order valence-corrected chi connectivity index (χ0v) is 22.5. The van der Waals surface area contributed by atoms with Crippen molar-refractivity contribution in [2.24, 2.45) is 0 Å². The van der Waals surface area contributed by atoms with Crippen molar-refractivity contribution in [1.82, 2.24) is 4.90 Å². The number of likely N-dealkylation sites (N-methyl/N-ethyl adjacent to an activating group) is 1. The molecule has 1 N–H and O–H groups in total. The van der Waals surface area contributed by atoms with Gasteiger partial charge >= 0.3 is 5.97 Å². The lowest BCUT2D eigenvalue weighted by Crippen LogP contribution is -2.44. The monoisotopic (exact) mass is 498 g/mol. The molecule has 0 radical (unpaired) electrons. The summed E-state index contributed by atoms with van der Waals surface area (Å²) in [5.74, 6) is -0.126. The van der Waals surface area contributed by atoms with Gasteiger partial charge in [0.2, 0.25) is 0 Å². The first-order chi connectivity index (χ1) is 17.4. The van der Waals surface area contributed by atoms with Crippen molar-refractivity contribution in [1.29, 1.82) is 0 Å². The highest BCUT2D eigenvalue weighted by molar-refractivity contribution is 5.94. The highest BCUT2D eigenvalue weighted by Crippen LogP contribution is 2.36. The number of carbonyl (C=O) groups is 1. The summed E-state index contributed by atoms with van der Waals surface area (Å²) in [6.07, 6.45) is 4.46. The summed E-state index contributed by atoms with van der Waals surface area (Å²) in [5, 5.41) is 9.99. The van der Waals surface area contributed by atoms with E-state index >= 15 is 0 Å². The highest BCUT2D eigenvalue weighted by atomic mass is 16.5. The molecular formula is C29H42N2O5. The zero-order chi connectivity index (χ0) is 26.1. The molecule has 1 aliphatic rings. The summed E-state index contributed by atoms with van der Waals surface area (Å²) >= 11 is 0. The van der Waals surface area contributed by atoms with Crippen LogP contribution < -0.4 is 9.64 Å². The minimum Gasteiger partial charge on any atom is -0.491 e. The SMILES string of the molecule is CCN(c1cc(-c2ccc(OCCOC)cc2)cc(C(=O)O)c1C)[C@H]1CC[C@H](N(C)CCOC)CC1. The van der Waals surface area contributed by atoms with Crippen LogP contribution >= 0.6 is 0 Å². The zero-order valence-electron chi connectivity index (χ0n) is 22.5. The lowest BCUT2D eigenvalue weighted by molar-refractivity contribution is 0.0696. The summed E-state index contributed by atoms with van der Waals surface area (Å²) in [7, 11) is 5.58. The van der Waals surface area contributed by atoms with E-state index in [0.717, 1.165) is 73.5 Å². The molecule has 0 bridgehead atoms. The third-order valence-corrected chi connectivity index (χ3v) is 7.38. The average molecular weight is 499 g/mol. The van der Waals surface area contributed by atoms with Crippen LogP contribution in [-0.2, 0) is 9.47 Å². The molecule has 0 unspecified atom stereocenters. The fraction of sp³-hybridized carbons (Fsp3) is 0.552. The molecule has 1 saturated carbocycles. The number of carboxylic acids is 1. The fourth-order valence-electron chi connectivity index (χ4n) is 5.23. The van der Waals surface area contributed by atoms with Crippen LogP contribution in [0.1, 0.15) is 48.5 Å². The van der Waals surface area contributed by atoms with Gasteiger partial charge in [-0.15, -0.1) is 0 Å². The number of carboxylic acid groups (broad SMARTS) is 1. The first-order valence-electron chi connectivity index (χ1n) is 13.0. The van der Waals surface area contributed by atoms with Gasteiger partial charge in [0.05, 0.1) is 18.8 Å². The molecule has 2 aromatic rings. The Kier molecular flexibility index (Phi) is 10.6. The van der Waals surface area contributed by atoms with Crippen molar-refractivity contribution >= 4 is 11.7 Å². The largest absolute Gasteiger partial charge is 0.491 e. The number of hydrogen-bond acceptors (Lipinski definition) is 6. The van der Waals surface area contributed by atoms with E-state index in [2.05, 4.69) is 29.8 Å². The van der Waals surface area contributed by atoms with E-state index in [1.807, 2.05) is 31.2 Å². The molecular weight excluding hydrogens is 456 g/mol. The molecule has 0 spiro atoms. The molecule has 0 atom stereocenters. The number of aromatic carboxylic acids is 1. The summed E-state index contributed by atoms with van der Waals surface area (Å²) in [6.45, 7) is 7.65. The number of hydrogen-bond donors (Lipinski definition) is 1. The van der Waals surface area contributed by atoms with E-state index in [9.17, 15) is 9.90 Å². The van der Waals surface area contributed by atoms with Crippen LogP contribution in [0.5, 0.6) is 5.75 Å². The van der Waals surface area contributed by atoms with Crippen LogP contribution in [0.3, 0.4) is 0 Å². The minimum atomic E-state index is -0.894. The molecule has 0 aromatic heterocycles. The van der Waals surface area contributed by atoms with Gasteiger partial charge < -0.3 is 29.1 Å². The topological polar surface area (TPSA) is 71.5 Å². The van der Waals surface area contributed by atoms with Gasteiger partial charge in [-0.05, 0) is 87.5 Å². The van der Waals surface area contributed by atoms with Crippen molar-refractivity contribution < 1.29 is 24.1 Å². The number of rotatable bonds is 13. The van der Waals surface area contributed by atoms with E-state index in [0.29, 0.717) is 30.9 Å². The molecule has 0 saturated heterocycles. The normalized spacial score (nSPS) is 17.8. The average Bonchev–Trinajstić information content (AvgIpc) is 2.89. The summed E-state index contributed by atoms with van der Waals surface area (Å²) in [6, 6.07) is 12.7. The number of benzene rings is 2. The Morgan fingerprint density at radius 1 is 0.944 bits per heavy atom. The second-order valence-corrected chi connectivity index (χ2v) is 9.56. The number of ether oxygens (including phenoxy) is 3. The van der Waals surface area contributed by atoms with Gasteiger partial charge in [0, 0.05) is 45.1 Å². The van der Waals surface area contributed by atoms with Gasteiger partial charge in [0.15, 0.2) is 0 Å². The standard InChI is InChI=1S/C29H42N2O5/c1-6-31(25-11-9-24(10-12-25)30(3)15-16-34-4)28-20-23(19-27(21(28)2)29(32)33)22-7-13-26(14-8-22)36-18-17-35-5/h7-8,13-14,19-20,24-25H,6,9-12,15-18H2,1-5H3,(H,32,33)/t24-,25-. The second-order valence-electron chi connectivity index (χ2n) is 9.56. The van der Waals surface area contributed by atoms with Gasteiger partial charge in [-0.3, -0.25) is 0 Å². The predicted octanol–water partition coefficient (Wildman–Crippen LogP) is 5.10. The summed E-state index contributed by atoms with van der Waals surface area (Å²) in [5.41, 5.74) is 4.07. The molecule has 0 amide bonds. The minimum absolute atomic E-state index is 0.356. The molecule has 36 heavy (non-hydrogen) atoms. The van der Waals surface area contributed by atoms with E-state index in [1.54, 1.807) is 20.3 Å². The smallest absolute Gasteiger partial charge is 0.336 e. The third-order valence-electron chi connectivity index (χ3n) is 7.38. The van der Waals surface area contributed by atoms with Gasteiger partial charge in [-0.1, -0.05) is 12.1 Å². The van der Waals surface area contributed by atoms with Gasteiger partial charge in [-0.25, -0.2) is 4.79 Å². The van der Waals surface area contributed by atoms with Crippen LogP contribution in [0.15, 0.2) is 36.4 Å². The molecule has 3 rings (SSSR count). The Bertz CT molecular complexity index is 970. The quantitative estimate of drug-likeness (QED) is 0.385. The van der Waals surface area contributed by atoms with Crippen LogP contribution in [-0.4, -0.2) is 82.2 Å². The molecule has 1 fully saturated rings. The Balaban J connectivity index is 1.83. The van der Waals surface area contributed by atoms with Crippen molar-refractivity contribution in [3.63, 3.8) is 0 Å². The van der Waals surface area contributed by atoms with Gasteiger partial charge in [0.25, 0.3) is 0 Å². The van der Waals surface area contributed by atoms with Crippen LogP contribution in [0.4, 0.5) is 5.69 Å². The van der Waals surface area contributed by atoms with E-state index in [-0.39, 0.29) is 0 Å². The molecule has 198 valence electrons. The molecule has 2 aromatic carbocycles. The number of methoxy groups -OCH3 is 2. The van der Waals surface area contributed by atoms with Crippen LogP contribution in [0.2, 0.25) is 0 Å². The van der Waals surface area contributed by atoms with Crippen molar-refractivity contribution in [3.8, 4) is 16.9 Å². The first-order valence-corrected chi connectivity index (χ1v) is 13.0. The van der Waals surface area contributed by atoms with Crippen molar-refractivity contribution in [3.05, 3.63) is 47.5 Å². The van der Waals surface area contributed by atoms with E-state index in [1.165, 1.54) is 0 Å².